The van der Waals surface area contributed by atoms with Crippen LogP contribution in [0.15, 0.2) is 6.20 Å². The summed E-state index contributed by atoms with van der Waals surface area (Å²) in [5, 5.41) is 7.88. The lowest BCUT2D eigenvalue weighted by Gasteiger charge is -2.11. The second-order valence-corrected chi connectivity index (χ2v) is 4.87. The van der Waals surface area contributed by atoms with Crippen molar-refractivity contribution in [1.29, 1.82) is 0 Å². The highest BCUT2D eigenvalue weighted by Gasteiger charge is 2.20. The standard InChI is InChI=1S/C12H21N3/c1-9-4-5-12(6-9)13-7-11-8-14-15(3)10(11)2/h8-9,12-13H,4-7H2,1-3H3. The molecule has 0 radical (unpaired) electrons. The predicted molar refractivity (Wildman–Crippen MR) is 61.6 cm³/mol. The zero-order valence-corrected chi connectivity index (χ0v) is 9.95. The molecule has 2 atom stereocenters. The molecule has 0 aromatic carbocycles. The molecule has 1 aliphatic rings. The number of aromatic nitrogens is 2. The van der Waals surface area contributed by atoms with Crippen molar-refractivity contribution in [2.75, 3.05) is 0 Å². The van der Waals surface area contributed by atoms with Gasteiger partial charge in [-0.15, -0.1) is 0 Å². The Hall–Kier alpha value is -0.830. The van der Waals surface area contributed by atoms with Gasteiger partial charge in [0, 0.05) is 30.9 Å². The van der Waals surface area contributed by atoms with E-state index in [2.05, 4.69) is 24.3 Å². The summed E-state index contributed by atoms with van der Waals surface area (Å²) in [6.07, 6.45) is 6.02. The smallest absolute Gasteiger partial charge is 0.0537 e. The maximum absolute atomic E-state index is 4.25. The van der Waals surface area contributed by atoms with Gasteiger partial charge in [-0.05, 0) is 32.1 Å². The SMILES string of the molecule is Cc1c(CNC2CCC(C)C2)cnn1C. The molecule has 3 nitrogen and oxygen atoms in total. The molecule has 2 unspecified atom stereocenters. The molecule has 15 heavy (non-hydrogen) atoms. The molecule has 1 aromatic heterocycles. The van der Waals surface area contributed by atoms with Crippen LogP contribution in [-0.2, 0) is 13.6 Å². The van der Waals surface area contributed by atoms with Crippen molar-refractivity contribution in [2.24, 2.45) is 13.0 Å². The fourth-order valence-electron chi connectivity index (χ4n) is 2.36. The first-order valence-electron chi connectivity index (χ1n) is 5.87. The average molecular weight is 207 g/mol. The van der Waals surface area contributed by atoms with Gasteiger partial charge in [-0.3, -0.25) is 4.68 Å². The highest BCUT2D eigenvalue weighted by molar-refractivity contribution is 5.15. The van der Waals surface area contributed by atoms with E-state index in [-0.39, 0.29) is 0 Å². The highest BCUT2D eigenvalue weighted by atomic mass is 15.3. The van der Waals surface area contributed by atoms with Crippen molar-refractivity contribution in [3.8, 4) is 0 Å². The maximum Gasteiger partial charge on any atom is 0.0537 e. The van der Waals surface area contributed by atoms with Crippen LogP contribution in [0.25, 0.3) is 0 Å². The summed E-state index contributed by atoms with van der Waals surface area (Å²) in [5.74, 6) is 0.900. The van der Waals surface area contributed by atoms with E-state index >= 15 is 0 Å². The van der Waals surface area contributed by atoms with Crippen LogP contribution >= 0.6 is 0 Å². The second kappa shape index (κ2) is 4.35. The molecule has 1 aromatic rings. The van der Waals surface area contributed by atoms with Gasteiger partial charge in [-0.1, -0.05) is 6.92 Å². The number of hydrogen-bond donors (Lipinski definition) is 1. The molecule has 1 fully saturated rings. The van der Waals surface area contributed by atoms with E-state index < -0.39 is 0 Å². The minimum Gasteiger partial charge on any atom is -0.310 e. The van der Waals surface area contributed by atoms with Gasteiger partial charge in [0.1, 0.15) is 0 Å². The number of hydrogen-bond acceptors (Lipinski definition) is 2. The molecular weight excluding hydrogens is 186 g/mol. The van der Waals surface area contributed by atoms with Gasteiger partial charge in [0.25, 0.3) is 0 Å². The van der Waals surface area contributed by atoms with Gasteiger partial charge in [-0.2, -0.15) is 5.10 Å². The summed E-state index contributed by atoms with van der Waals surface area (Å²) >= 11 is 0. The summed E-state index contributed by atoms with van der Waals surface area (Å²) in [5.41, 5.74) is 2.60. The Labute approximate surface area is 91.9 Å². The average Bonchev–Trinajstić information content (AvgIpc) is 2.74. The minimum atomic E-state index is 0.722. The van der Waals surface area contributed by atoms with Crippen molar-refractivity contribution in [3.05, 3.63) is 17.5 Å². The summed E-state index contributed by atoms with van der Waals surface area (Å²) < 4.78 is 1.94. The van der Waals surface area contributed by atoms with E-state index in [9.17, 15) is 0 Å². The minimum absolute atomic E-state index is 0.722. The van der Waals surface area contributed by atoms with Crippen molar-refractivity contribution < 1.29 is 0 Å². The van der Waals surface area contributed by atoms with Crippen molar-refractivity contribution in [3.63, 3.8) is 0 Å². The molecule has 0 amide bonds. The van der Waals surface area contributed by atoms with E-state index in [1.165, 1.54) is 30.5 Å². The van der Waals surface area contributed by atoms with Gasteiger partial charge in [0.15, 0.2) is 0 Å². The predicted octanol–water partition coefficient (Wildman–Crippen LogP) is 2.01. The topological polar surface area (TPSA) is 29.9 Å². The Bertz CT molecular complexity index is 330. The molecule has 0 bridgehead atoms. The Morgan fingerprint density at radius 3 is 2.87 bits per heavy atom. The van der Waals surface area contributed by atoms with Crippen molar-refractivity contribution in [1.82, 2.24) is 15.1 Å². The molecule has 1 N–H and O–H groups in total. The molecule has 0 saturated heterocycles. The molecule has 1 saturated carbocycles. The number of aryl methyl sites for hydroxylation is 1. The van der Waals surface area contributed by atoms with Crippen LogP contribution in [-0.4, -0.2) is 15.8 Å². The first kappa shape index (κ1) is 10.7. The Balaban J connectivity index is 1.85. The lowest BCUT2D eigenvalue weighted by molar-refractivity contribution is 0.501. The van der Waals surface area contributed by atoms with E-state index in [0.29, 0.717) is 0 Å². The van der Waals surface area contributed by atoms with Gasteiger partial charge in [0.2, 0.25) is 0 Å². The fourth-order valence-corrected chi connectivity index (χ4v) is 2.36. The molecule has 0 spiro atoms. The Morgan fingerprint density at radius 2 is 2.33 bits per heavy atom. The Morgan fingerprint density at radius 1 is 1.53 bits per heavy atom. The molecular formula is C12H21N3. The molecule has 84 valence electrons. The van der Waals surface area contributed by atoms with Crippen LogP contribution in [0.2, 0.25) is 0 Å². The van der Waals surface area contributed by atoms with Gasteiger partial charge in [-0.25, -0.2) is 0 Å². The van der Waals surface area contributed by atoms with Crippen LogP contribution in [0.1, 0.15) is 37.4 Å². The number of nitrogens with one attached hydrogen (secondary N) is 1. The molecule has 2 rings (SSSR count). The fraction of sp³-hybridized carbons (Fsp3) is 0.750. The first-order valence-corrected chi connectivity index (χ1v) is 5.87. The van der Waals surface area contributed by atoms with E-state index in [1.807, 2.05) is 17.9 Å². The molecule has 0 aliphatic heterocycles. The van der Waals surface area contributed by atoms with Gasteiger partial charge >= 0.3 is 0 Å². The lowest BCUT2D eigenvalue weighted by Crippen LogP contribution is -2.25. The van der Waals surface area contributed by atoms with Crippen LogP contribution in [0.5, 0.6) is 0 Å². The van der Waals surface area contributed by atoms with Crippen molar-refractivity contribution in [2.45, 2.75) is 45.7 Å². The monoisotopic (exact) mass is 207 g/mol. The zero-order chi connectivity index (χ0) is 10.8. The van der Waals surface area contributed by atoms with Crippen LogP contribution in [0, 0.1) is 12.8 Å². The highest BCUT2D eigenvalue weighted by Crippen LogP contribution is 2.24. The third-order valence-electron chi connectivity index (χ3n) is 3.61. The normalized spacial score (nSPS) is 26.1. The van der Waals surface area contributed by atoms with E-state index in [4.69, 9.17) is 0 Å². The maximum atomic E-state index is 4.25. The Kier molecular flexibility index (Phi) is 3.10. The second-order valence-electron chi connectivity index (χ2n) is 4.87. The van der Waals surface area contributed by atoms with Crippen molar-refractivity contribution >= 4 is 0 Å². The van der Waals surface area contributed by atoms with E-state index in [0.717, 1.165) is 18.5 Å². The zero-order valence-electron chi connectivity index (χ0n) is 9.95. The van der Waals surface area contributed by atoms with Crippen LogP contribution in [0.4, 0.5) is 0 Å². The first-order chi connectivity index (χ1) is 7.16. The summed E-state index contributed by atoms with van der Waals surface area (Å²) in [6.45, 7) is 5.44. The number of nitrogens with zero attached hydrogens (tertiary/aromatic N) is 2. The third kappa shape index (κ3) is 2.40. The molecule has 1 heterocycles. The molecule has 1 aliphatic carbocycles. The largest absolute Gasteiger partial charge is 0.310 e. The third-order valence-corrected chi connectivity index (χ3v) is 3.61. The molecule has 3 heteroatoms. The summed E-state index contributed by atoms with van der Waals surface area (Å²) in [7, 11) is 2.00. The van der Waals surface area contributed by atoms with Crippen LogP contribution < -0.4 is 5.32 Å². The van der Waals surface area contributed by atoms with E-state index in [1.54, 1.807) is 0 Å². The van der Waals surface area contributed by atoms with Gasteiger partial charge < -0.3 is 5.32 Å². The quantitative estimate of drug-likeness (QED) is 0.821. The number of rotatable bonds is 3. The summed E-state index contributed by atoms with van der Waals surface area (Å²) in [6, 6.07) is 0.722. The summed E-state index contributed by atoms with van der Waals surface area (Å²) in [4.78, 5) is 0. The lowest BCUT2D eigenvalue weighted by atomic mass is 10.1. The van der Waals surface area contributed by atoms with Gasteiger partial charge in [0.05, 0.1) is 6.20 Å². The van der Waals surface area contributed by atoms with Crippen LogP contribution in [0.3, 0.4) is 0 Å².